The predicted octanol–water partition coefficient (Wildman–Crippen LogP) is 0.868. The van der Waals surface area contributed by atoms with Gasteiger partial charge in [-0.2, -0.15) is 0 Å². The molecule has 0 atom stereocenters. The van der Waals surface area contributed by atoms with Crippen molar-refractivity contribution >= 4 is 14.2 Å². The number of allylic oxidation sites excluding steroid dienone is 1. The van der Waals surface area contributed by atoms with E-state index in [4.69, 9.17) is 14.4 Å². The minimum absolute atomic E-state index is 0.481. The molecule has 0 aliphatic rings. The Bertz CT molecular complexity index is 171. The van der Waals surface area contributed by atoms with Gasteiger partial charge in [-0.1, -0.05) is 12.2 Å². The summed E-state index contributed by atoms with van der Waals surface area (Å²) < 4.78 is 8.70. The number of carbonyl (C=O) groups excluding carboxylic acids is 1. The molecule has 0 bridgehead atoms. The normalized spacial score (nSPS) is 6.46. The van der Waals surface area contributed by atoms with Crippen LogP contribution >= 0.6 is 8.25 Å². The smallest absolute Gasteiger partial charge is 0.366 e. The highest BCUT2D eigenvalue weighted by molar-refractivity contribution is 7.30. The number of carbonyl (C=O) groups is 1. The van der Waals surface area contributed by atoms with E-state index in [2.05, 4.69) is 18.9 Å². The second-order valence-electron chi connectivity index (χ2n) is 2.07. The summed E-state index contributed by atoms with van der Waals surface area (Å²) in [7, 11) is -2.87. The van der Waals surface area contributed by atoms with E-state index < -0.39 is 14.2 Å². The summed E-state index contributed by atoms with van der Waals surface area (Å²) >= 11 is 0. The molecule has 0 aromatic rings. The number of rotatable bonds is 1. The van der Waals surface area contributed by atoms with Crippen LogP contribution in [0.3, 0.4) is 0 Å². The Morgan fingerprint density at radius 2 is 1.54 bits per heavy atom. The Hall–Kier alpha value is -1.03. The van der Waals surface area contributed by atoms with Crippen molar-refractivity contribution in [1.29, 1.82) is 0 Å². The molecule has 76 valence electrons. The predicted molar refractivity (Wildman–Crippen MR) is 51.9 cm³/mol. The van der Waals surface area contributed by atoms with Crippen molar-refractivity contribution in [3.63, 3.8) is 0 Å². The van der Waals surface area contributed by atoms with Crippen molar-refractivity contribution in [1.82, 2.24) is 0 Å². The Morgan fingerprint density at radius 3 is 1.54 bits per heavy atom. The zero-order valence-corrected chi connectivity index (χ0v) is 8.62. The molecular formula is C7H15NO4P+. The standard InChI is InChI=1S/C4H8.C3H5NO.HO3P/c1-4(2)3;1-2-3(4)5;1-4(2)3/h1H2,2-3H3;2H,1H2,(H2,4,5);(H-,1,2,3)/p+1. The summed E-state index contributed by atoms with van der Waals surface area (Å²) in [5.41, 5.74) is 5.70. The molecule has 13 heavy (non-hydrogen) atoms. The number of primary amides is 1. The fourth-order valence-electron chi connectivity index (χ4n) is 0. The lowest BCUT2D eigenvalue weighted by molar-refractivity contribution is -0.113. The number of nitrogens with two attached hydrogens (primary N) is 1. The molecule has 0 aliphatic heterocycles. The molecule has 0 saturated carbocycles. The monoisotopic (exact) mass is 208 g/mol. The number of amides is 1. The highest BCUT2D eigenvalue weighted by atomic mass is 31.1. The molecule has 0 saturated heterocycles. The van der Waals surface area contributed by atoms with Crippen LogP contribution in [0, 0.1) is 0 Å². The van der Waals surface area contributed by atoms with Crippen LogP contribution in [0.1, 0.15) is 13.8 Å². The Labute approximate surface area is 78.5 Å². The van der Waals surface area contributed by atoms with E-state index in [1.807, 2.05) is 13.8 Å². The summed E-state index contributed by atoms with van der Waals surface area (Å²) in [5.74, 6) is -0.481. The highest BCUT2D eigenvalue weighted by Crippen LogP contribution is 1.98. The lowest BCUT2D eigenvalue weighted by Crippen LogP contribution is -2.04. The van der Waals surface area contributed by atoms with Gasteiger partial charge in [0.25, 0.3) is 0 Å². The van der Waals surface area contributed by atoms with Crippen LogP contribution in [0.25, 0.3) is 0 Å². The first-order valence-corrected chi connectivity index (χ1v) is 4.29. The zero-order chi connectivity index (χ0) is 11.4. The van der Waals surface area contributed by atoms with E-state index in [-0.39, 0.29) is 0 Å². The second-order valence-corrected chi connectivity index (χ2v) is 2.57. The second kappa shape index (κ2) is 13.6. The molecule has 0 heterocycles. The van der Waals surface area contributed by atoms with E-state index in [9.17, 15) is 4.79 Å². The minimum atomic E-state index is -2.87. The van der Waals surface area contributed by atoms with Crippen LogP contribution in [0.15, 0.2) is 24.8 Å². The van der Waals surface area contributed by atoms with Crippen LogP contribution in [0.2, 0.25) is 0 Å². The van der Waals surface area contributed by atoms with Crippen molar-refractivity contribution in [3.05, 3.63) is 24.8 Å². The van der Waals surface area contributed by atoms with E-state index in [1.54, 1.807) is 0 Å². The van der Waals surface area contributed by atoms with Crippen LogP contribution in [0.4, 0.5) is 0 Å². The molecule has 6 heteroatoms. The van der Waals surface area contributed by atoms with Gasteiger partial charge in [0.1, 0.15) is 0 Å². The van der Waals surface area contributed by atoms with Crippen molar-refractivity contribution in [2.45, 2.75) is 13.8 Å². The van der Waals surface area contributed by atoms with Crippen LogP contribution in [0.5, 0.6) is 0 Å². The van der Waals surface area contributed by atoms with Gasteiger partial charge < -0.3 is 5.73 Å². The molecule has 0 unspecified atom stereocenters. The molecule has 0 fully saturated rings. The average molecular weight is 208 g/mol. The van der Waals surface area contributed by atoms with Gasteiger partial charge >= 0.3 is 8.25 Å². The number of hydrogen-bond acceptors (Lipinski definition) is 2. The molecule has 1 amide bonds. The summed E-state index contributed by atoms with van der Waals surface area (Å²) in [6.07, 6.45) is 1.06. The maximum atomic E-state index is 9.47. The molecule has 0 rings (SSSR count). The highest BCUT2D eigenvalue weighted by Gasteiger charge is 1.93. The van der Waals surface area contributed by atoms with Gasteiger partial charge in [-0.15, -0.1) is 16.4 Å². The summed E-state index contributed by atoms with van der Waals surface area (Å²) in [4.78, 5) is 23.7. The van der Waals surface area contributed by atoms with Gasteiger partial charge in [-0.3, -0.25) is 4.79 Å². The third-order valence-electron chi connectivity index (χ3n) is 0.201. The van der Waals surface area contributed by atoms with Gasteiger partial charge in [-0.25, -0.2) is 0 Å². The average Bonchev–Trinajstić information content (AvgIpc) is 1.84. The van der Waals surface area contributed by atoms with Crippen molar-refractivity contribution in [3.8, 4) is 0 Å². The Morgan fingerprint density at radius 1 is 1.46 bits per heavy atom. The van der Waals surface area contributed by atoms with E-state index >= 15 is 0 Å². The Balaban J connectivity index is -0.000000117. The molecule has 0 spiro atoms. The molecule has 5 nitrogen and oxygen atoms in total. The van der Waals surface area contributed by atoms with Gasteiger partial charge in [0.05, 0.1) is 0 Å². The van der Waals surface area contributed by atoms with Gasteiger partial charge in [0.2, 0.25) is 5.91 Å². The fourth-order valence-corrected chi connectivity index (χ4v) is 0. The third-order valence-corrected chi connectivity index (χ3v) is 0.201. The van der Waals surface area contributed by atoms with Crippen LogP contribution in [-0.4, -0.2) is 15.7 Å². The van der Waals surface area contributed by atoms with Crippen LogP contribution in [-0.2, 0) is 9.36 Å². The van der Waals surface area contributed by atoms with Gasteiger partial charge in [-0.05, 0) is 19.9 Å². The van der Waals surface area contributed by atoms with Gasteiger partial charge in [0, 0.05) is 4.57 Å². The molecule has 0 aromatic carbocycles. The summed E-state index contributed by atoms with van der Waals surface area (Å²) in [6, 6.07) is 0. The third kappa shape index (κ3) is 938. The van der Waals surface area contributed by atoms with Gasteiger partial charge in [0.15, 0.2) is 0 Å². The quantitative estimate of drug-likeness (QED) is 0.338. The lowest BCUT2D eigenvalue weighted by Gasteiger charge is -1.65. The first-order valence-electron chi connectivity index (χ1n) is 3.13. The first kappa shape index (κ1) is 17.9. The number of hydrogen-bond donors (Lipinski definition) is 3. The fraction of sp³-hybridized carbons (Fsp3) is 0.286. The molecule has 0 aliphatic carbocycles. The van der Waals surface area contributed by atoms with E-state index in [0.29, 0.717) is 0 Å². The topological polar surface area (TPSA) is 101 Å². The SMILES string of the molecule is C=C(C)C.C=CC(N)=O.O=[P+](O)O. The van der Waals surface area contributed by atoms with Crippen LogP contribution < -0.4 is 5.73 Å². The van der Waals surface area contributed by atoms with E-state index in [1.165, 1.54) is 5.57 Å². The molecule has 4 N–H and O–H groups in total. The summed E-state index contributed by atoms with van der Waals surface area (Å²) in [5, 5.41) is 0. The molecule has 0 radical (unpaired) electrons. The lowest BCUT2D eigenvalue weighted by atomic mass is 10.4. The summed E-state index contributed by atoms with van der Waals surface area (Å²) in [6.45, 7) is 10.6. The van der Waals surface area contributed by atoms with E-state index in [0.717, 1.165) is 6.08 Å². The molecule has 0 aromatic heterocycles. The molecular weight excluding hydrogens is 193 g/mol. The van der Waals surface area contributed by atoms with Crippen molar-refractivity contribution < 1.29 is 19.1 Å². The largest absolute Gasteiger partial charge is 0.692 e. The maximum Gasteiger partial charge on any atom is 0.692 e. The zero-order valence-electron chi connectivity index (χ0n) is 7.73. The Kier molecular flexibility index (Phi) is 18.7. The van der Waals surface area contributed by atoms with Crippen molar-refractivity contribution in [2.75, 3.05) is 0 Å². The maximum absolute atomic E-state index is 9.47. The minimum Gasteiger partial charge on any atom is -0.366 e. The first-order chi connectivity index (χ1) is 5.73. The van der Waals surface area contributed by atoms with Crippen molar-refractivity contribution in [2.24, 2.45) is 5.73 Å².